The molecule has 1 aromatic carbocycles. The summed E-state index contributed by atoms with van der Waals surface area (Å²) in [6.45, 7) is 0. The molecule has 0 aliphatic heterocycles. The Bertz CT molecular complexity index is 1110. The number of hydrazone groups is 1. The standard InChI is InChI=1S/C19H13ClF6N2OS/c20-13-10-3-1-2-4-12(10)30-14(13)15(29)28-27-7-8-5-9-6-11(8)17(22)16(9,21)18(23,24)19(17,25)26/h1-4,7-9,11H,5-6H2,(H,28,29). The maximum Gasteiger partial charge on any atom is 0.350 e. The van der Waals surface area contributed by atoms with Gasteiger partial charge in [0, 0.05) is 34.1 Å². The topological polar surface area (TPSA) is 41.5 Å². The number of amides is 1. The Morgan fingerprint density at radius 2 is 1.77 bits per heavy atom. The van der Waals surface area contributed by atoms with Crippen LogP contribution in [0.2, 0.25) is 5.02 Å². The van der Waals surface area contributed by atoms with Crippen molar-refractivity contribution in [2.24, 2.45) is 22.9 Å². The molecule has 3 nitrogen and oxygen atoms in total. The molecule has 0 saturated heterocycles. The van der Waals surface area contributed by atoms with Crippen LogP contribution in [0.5, 0.6) is 0 Å². The van der Waals surface area contributed by atoms with E-state index in [1.165, 1.54) is 0 Å². The van der Waals surface area contributed by atoms with Gasteiger partial charge in [-0.1, -0.05) is 29.8 Å². The molecule has 2 aromatic rings. The molecule has 0 spiro atoms. The van der Waals surface area contributed by atoms with Crippen molar-refractivity contribution < 1.29 is 31.1 Å². The molecule has 160 valence electrons. The fourth-order valence-corrected chi connectivity index (χ4v) is 6.73. The van der Waals surface area contributed by atoms with Crippen LogP contribution in [0.25, 0.3) is 10.1 Å². The Balaban J connectivity index is 1.33. The first-order valence-electron chi connectivity index (χ1n) is 9.12. The summed E-state index contributed by atoms with van der Waals surface area (Å²) >= 11 is 7.32. The lowest BCUT2D eigenvalue weighted by Gasteiger charge is -2.61. The second-order valence-electron chi connectivity index (χ2n) is 7.97. The van der Waals surface area contributed by atoms with Gasteiger partial charge in [-0.15, -0.1) is 11.3 Å². The van der Waals surface area contributed by atoms with Crippen LogP contribution in [0.1, 0.15) is 22.5 Å². The average molecular weight is 467 g/mol. The van der Waals surface area contributed by atoms with Crippen molar-refractivity contribution in [2.75, 3.05) is 0 Å². The van der Waals surface area contributed by atoms with Gasteiger partial charge in [0.1, 0.15) is 4.88 Å². The van der Waals surface area contributed by atoms with Crippen molar-refractivity contribution in [1.29, 1.82) is 0 Å². The fourth-order valence-electron chi connectivity index (χ4n) is 5.33. The molecule has 5 rings (SSSR count). The summed E-state index contributed by atoms with van der Waals surface area (Å²) in [5, 5.41) is 4.59. The number of nitrogens with one attached hydrogen (secondary N) is 1. The van der Waals surface area contributed by atoms with Gasteiger partial charge in [-0.25, -0.2) is 14.2 Å². The van der Waals surface area contributed by atoms with Crippen LogP contribution in [-0.4, -0.2) is 35.3 Å². The predicted octanol–water partition coefficient (Wildman–Crippen LogP) is 5.63. The smallest absolute Gasteiger partial charge is 0.266 e. The van der Waals surface area contributed by atoms with Gasteiger partial charge in [0.15, 0.2) is 0 Å². The van der Waals surface area contributed by atoms with Crippen molar-refractivity contribution in [3.63, 3.8) is 0 Å². The molecular weight excluding hydrogens is 454 g/mol. The predicted molar refractivity (Wildman–Crippen MR) is 100 cm³/mol. The summed E-state index contributed by atoms with van der Waals surface area (Å²) in [7, 11) is 0. The van der Waals surface area contributed by atoms with Gasteiger partial charge in [0.25, 0.3) is 5.91 Å². The summed E-state index contributed by atoms with van der Waals surface area (Å²) in [4.78, 5) is 12.5. The van der Waals surface area contributed by atoms with Gasteiger partial charge in [0.2, 0.25) is 11.3 Å². The number of benzene rings is 1. The van der Waals surface area contributed by atoms with Crippen molar-refractivity contribution >= 4 is 45.1 Å². The van der Waals surface area contributed by atoms with E-state index in [4.69, 9.17) is 11.6 Å². The van der Waals surface area contributed by atoms with E-state index in [1.54, 1.807) is 24.3 Å². The van der Waals surface area contributed by atoms with E-state index in [0.29, 0.717) is 5.39 Å². The maximum absolute atomic E-state index is 14.9. The van der Waals surface area contributed by atoms with Crippen molar-refractivity contribution in [2.45, 2.75) is 36.0 Å². The van der Waals surface area contributed by atoms with E-state index in [-0.39, 0.29) is 16.3 Å². The molecule has 3 saturated carbocycles. The van der Waals surface area contributed by atoms with Crippen LogP contribution in [0, 0.1) is 17.8 Å². The number of hydrogen-bond acceptors (Lipinski definition) is 3. The largest absolute Gasteiger partial charge is 0.350 e. The van der Waals surface area contributed by atoms with Crippen LogP contribution in [0.3, 0.4) is 0 Å². The van der Waals surface area contributed by atoms with E-state index in [0.717, 1.165) is 22.3 Å². The summed E-state index contributed by atoms with van der Waals surface area (Å²) in [5.41, 5.74) is -5.62. The zero-order valence-electron chi connectivity index (χ0n) is 14.9. The third-order valence-electron chi connectivity index (χ3n) is 6.70. The number of hydrogen-bond donors (Lipinski definition) is 1. The minimum absolute atomic E-state index is 0.179. The zero-order valence-corrected chi connectivity index (χ0v) is 16.5. The number of thiophene rings is 1. The van der Waals surface area contributed by atoms with Crippen LogP contribution < -0.4 is 5.43 Å². The highest BCUT2D eigenvalue weighted by atomic mass is 35.5. The zero-order chi connectivity index (χ0) is 21.7. The Labute approximate surface area is 175 Å². The van der Waals surface area contributed by atoms with Gasteiger partial charge in [0.05, 0.1) is 5.02 Å². The number of nitrogens with zero attached hydrogens (tertiary/aromatic N) is 1. The fraction of sp³-hybridized carbons (Fsp3) is 0.474. The molecule has 3 aliphatic rings. The lowest BCUT2D eigenvalue weighted by molar-refractivity contribution is -0.449. The molecule has 1 aromatic heterocycles. The van der Waals surface area contributed by atoms with E-state index in [1.807, 2.05) is 0 Å². The van der Waals surface area contributed by atoms with Gasteiger partial charge in [-0.3, -0.25) is 4.79 Å². The molecule has 0 radical (unpaired) electrons. The van der Waals surface area contributed by atoms with Crippen molar-refractivity contribution in [1.82, 2.24) is 5.43 Å². The lowest BCUT2D eigenvalue weighted by atomic mass is 9.53. The third kappa shape index (κ3) is 2.00. The van der Waals surface area contributed by atoms with E-state index in [9.17, 15) is 31.1 Å². The average Bonchev–Trinajstić information content (AvgIpc) is 3.33. The number of halogens is 7. The maximum atomic E-state index is 14.9. The van der Waals surface area contributed by atoms with Crippen LogP contribution >= 0.6 is 22.9 Å². The van der Waals surface area contributed by atoms with Crippen LogP contribution in [0.15, 0.2) is 29.4 Å². The van der Waals surface area contributed by atoms with Crippen molar-refractivity contribution in [3.05, 3.63) is 34.2 Å². The first kappa shape index (κ1) is 20.1. The SMILES string of the molecule is O=C(NN=CC1CC2CC1C1(F)C(F)(F)C(F)(F)C21F)c1sc2ccccc2c1Cl. The van der Waals surface area contributed by atoms with Crippen LogP contribution in [0.4, 0.5) is 26.3 Å². The monoisotopic (exact) mass is 466 g/mol. The van der Waals surface area contributed by atoms with Gasteiger partial charge in [-0.2, -0.15) is 22.7 Å². The molecule has 1 N–H and O–H groups in total. The number of carbonyl (C=O) groups is 1. The number of alkyl halides is 6. The summed E-state index contributed by atoms with van der Waals surface area (Å²) in [5.74, 6) is -15.0. The lowest BCUT2D eigenvalue weighted by Crippen LogP contribution is -2.88. The minimum atomic E-state index is -5.09. The molecule has 1 amide bonds. The van der Waals surface area contributed by atoms with E-state index >= 15 is 0 Å². The van der Waals surface area contributed by atoms with Gasteiger partial charge >= 0.3 is 11.8 Å². The van der Waals surface area contributed by atoms with Crippen molar-refractivity contribution in [3.8, 4) is 0 Å². The highest BCUT2D eigenvalue weighted by Crippen LogP contribution is 2.81. The molecule has 30 heavy (non-hydrogen) atoms. The molecule has 1 heterocycles. The quantitative estimate of drug-likeness (QED) is 0.356. The number of carbonyl (C=O) groups excluding carboxylic acids is 1. The van der Waals surface area contributed by atoms with E-state index < -0.39 is 53.3 Å². The highest BCUT2D eigenvalue weighted by Gasteiger charge is 3.03. The van der Waals surface area contributed by atoms with Gasteiger partial charge in [-0.05, 0) is 18.9 Å². The second-order valence-corrected chi connectivity index (χ2v) is 9.40. The minimum Gasteiger partial charge on any atom is -0.266 e. The summed E-state index contributed by atoms with van der Waals surface area (Å²) in [6.07, 6.45) is 0.351. The third-order valence-corrected chi connectivity index (χ3v) is 8.37. The Morgan fingerprint density at radius 3 is 2.47 bits per heavy atom. The molecule has 3 aliphatic carbocycles. The molecule has 2 bridgehead atoms. The Kier molecular flexibility index (Phi) is 3.96. The first-order valence-corrected chi connectivity index (χ1v) is 10.3. The molecule has 5 unspecified atom stereocenters. The molecule has 11 heteroatoms. The molecule has 5 atom stereocenters. The molecular formula is C19H13ClF6N2OS. The number of fused-ring (bicyclic) bond motifs is 6. The highest BCUT2D eigenvalue weighted by molar-refractivity contribution is 7.21. The van der Waals surface area contributed by atoms with Crippen LogP contribution in [-0.2, 0) is 0 Å². The van der Waals surface area contributed by atoms with E-state index in [2.05, 4.69) is 10.5 Å². The Morgan fingerprint density at radius 1 is 1.10 bits per heavy atom. The first-order chi connectivity index (χ1) is 14.0. The normalized spacial score (nSPS) is 38.0. The molecule has 3 fully saturated rings. The summed E-state index contributed by atoms with van der Waals surface area (Å²) in [6, 6.07) is 7.05. The van der Waals surface area contributed by atoms with Gasteiger partial charge < -0.3 is 0 Å². The Hall–Kier alpha value is -1.81. The summed E-state index contributed by atoms with van der Waals surface area (Å²) < 4.78 is 85.5. The second kappa shape index (κ2) is 5.91. The number of rotatable bonds is 3.